The van der Waals surface area contributed by atoms with Crippen LogP contribution in [0.5, 0.6) is 0 Å². The van der Waals surface area contributed by atoms with Gasteiger partial charge in [0.25, 0.3) is 5.56 Å². The third-order valence-corrected chi connectivity index (χ3v) is 3.72. The summed E-state index contributed by atoms with van der Waals surface area (Å²) in [6.45, 7) is 2.04. The standard InChI is InChI=1S/C12H21N3O/c1-3-10-11(13)12(16)15(14(10)2)9-7-5-4-6-8-9/h9H,3-8,13H2,1-2H3. The minimum absolute atomic E-state index is 0.00579. The van der Waals surface area contributed by atoms with Gasteiger partial charge in [-0.15, -0.1) is 0 Å². The zero-order chi connectivity index (χ0) is 11.7. The number of anilines is 1. The minimum atomic E-state index is 0.00579. The fourth-order valence-corrected chi connectivity index (χ4v) is 2.84. The predicted octanol–water partition coefficient (Wildman–Crippen LogP) is 1.84. The van der Waals surface area contributed by atoms with Crippen LogP contribution in [0, 0.1) is 0 Å². The Kier molecular flexibility index (Phi) is 3.08. The van der Waals surface area contributed by atoms with Crippen LogP contribution in [0.3, 0.4) is 0 Å². The fraction of sp³-hybridized carbons (Fsp3) is 0.750. The molecule has 1 aliphatic carbocycles. The molecule has 2 rings (SSSR count). The molecule has 0 radical (unpaired) electrons. The molecule has 0 amide bonds. The van der Waals surface area contributed by atoms with Crippen molar-refractivity contribution in [1.82, 2.24) is 9.36 Å². The SMILES string of the molecule is CCc1c(N)c(=O)n(C2CCCCC2)n1C. The van der Waals surface area contributed by atoms with Crippen molar-refractivity contribution in [2.75, 3.05) is 5.73 Å². The number of aromatic nitrogens is 2. The summed E-state index contributed by atoms with van der Waals surface area (Å²) in [5, 5.41) is 0. The molecule has 4 heteroatoms. The number of nitrogens with two attached hydrogens (primary N) is 1. The molecule has 2 N–H and O–H groups in total. The van der Waals surface area contributed by atoms with Gasteiger partial charge < -0.3 is 5.73 Å². The van der Waals surface area contributed by atoms with Crippen molar-refractivity contribution in [3.63, 3.8) is 0 Å². The Hall–Kier alpha value is -1.19. The Balaban J connectivity index is 2.43. The van der Waals surface area contributed by atoms with Crippen LogP contribution in [0.25, 0.3) is 0 Å². The van der Waals surface area contributed by atoms with E-state index in [0.29, 0.717) is 11.7 Å². The lowest BCUT2D eigenvalue weighted by Gasteiger charge is -2.24. The predicted molar refractivity (Wildman–Crippen MR) is 65.6 cm³/mol. The average Bonchev–Trinajstić information content (AvgIpc) is 2.51. The first kappa shape index (κ1) is 11.3. The van der Waals surface area contributed by atoms with E-state index in [0.717, 1.165) is 25.0 Å². The molecule has 0 spiro atoms. The quantitative estimate of drug-likeness (QED) is 0.831. The minimum Gasteiger partial charge on any atom is -0.393 e. The Morgan fingerprint density at radius 2 is 1.94 bits per heavy atom. The molecule has 1 saturated carbocycles. The average molecular weight is 223 g/mol. The molecule has 90 valence electrons. The van der Waals surface area contributed by atoms with Crippen LogP contribution in [0.1, 0.15) is 50.8 Å². The van der Waals surface area contributed by atoms with Crippen molar-refractivity contribution in [1.29, 1.82) is 0 Å². The molecule has 0 unspecified atom stereocenters. The molecule has 0 atom stereocenters. The lowest BCUT2D eigenvalue weighted by molar-refractivity contribution is 0.292. The molecule has 0 aliphatic heterocycles. The molecule has 1 heterocycles. The second-order valence-electron chi connectivity index (χ2n) is 4.68. The monoisotopic (exact) mass is 223 g/mol. The molecular weight excluding hydrogens is 202 g/mol. The number of rotatable bonds is 2. The summed E-state index contributed by atoms with van der Waals surface area (Å²) < 4.78 is 3.83. The van der Waals surface area contributed by atoms with Crippen molar-refractivity contribution in [2.45, 2.75) is 51.5 Å². The smallest absolute Gasteiger partial charge is 0.290 e. The normalized spacial score (nSPS) is 17.9. The van der Waals surface area contributed by atoms with E-state index < -0.39 is 0 Å². The van der Waals surface area contributed by atoms with Crippen LogP contribution < -0.4 is 11.3 Å². The van der Waals surface area contributed by atoms with Crippen LogP contribution in [0.15, 0.2) is 4.79 Å². The second-order valence-corrected chi connectivity index (χ2v) is 4.68. The van der Waals surface area contributed by atoms with E-state index in [4.69, 9.17) is 5.73 Å². The van der Waals surface area contributed by atoms with Gasteiger partial charge in [0.15, 0.2) is 0 Å². The second kappa shape index (κ2) is 4.36. The van der Waals surface area contributed by atoms with Crippen LogP contribution in [-0.4, -0.2) is 9.36 Å². The van der Waals surface area contributed by atoms with Crippen LogP contribution in [0.4, 0.5) is 5.69 Å². The van der Waals surface area contributed by atoms with Gasteiger partial charge in [-0.3, -0.25) is 9.48 Å². The van der Waals surface area contributed by atoms with Crippen LogP contribution in [-0.2, 0) is 13.5 Å². The fourth-order valence-electron chi connectivity index (χ4n) is 2.84. The van der Waals surface area contributed by atoms with Crippen molar-refractivity contribution < 1.29 is 0 Å². The van der Waals surface area contributed by atoms with Gasteiger partial charge in [-0.2, -0.15) is 0 Å². The molecule has 16 heavy (non-hydrogen) atoms. The maximum absolute atomic E-state index is 12.1. The van der Waals surface area contributed by atoms with E-state index >= 15 is 0 Å². The van der Waals surface area contributed by atoms with E-state index in [1.54, 1.807) is 0 Å². The lowest BCUT2D eigenvalue weighted by Crippen LogP contribution is -2.28. The molecule has 1 aromatic heterocycles. The van der Waals surface area contributed by atoms with Gasteiger partial charge in [0.1, 0.15) is 5.69 Å². The van der Waals surface area contributed by atoms with Crippen molar-refractivity contribution in [2.24, 2.45) is 7.05 Å². The summed E-state index contributed by atoms with van der Waals surface area (Å²) in [7, 11) is 1.95. The first-order chi connectivity index (χ1) is 7.66. The molecule has 1 fully saturated rings. The highest BCUT2D eigenvalue weighted by molar-refractivity contribution is 5.41. The van der Waals surface area contributed by atoms with E-state index in [-0.39, 0.29) is 5.56 Å². The highest BCUT2D eigenvalue weighted by atomic mass is 16.1. The summed E-state index contributed by atoms with van der Waals surface area (Å²) >= 11 is 0. The largest absolute Gasteiger partial charge is 0.393 e. The van der Waals surface area contributed by atoms with Gasteiger partial charge in [0.2, 0.25) is 0 Å². The first-order valence-corrected chi connectivity index (χ1v) is 6.22. The van der Waals surface area contributed by atoms with Gasteiger partial charge >= 0.3 is 0 Å². The van der Waals surface area contributed by atoms with Gasteiger partial charge in [-0.05, 0) is 19.3 Å². The highest BCUT2D eigenvalue weighted by Crippen LogP contribution is 2.27. The topological polar surface area (TPSA) is 53.0 Å². The first-order valence-electron chi connectivity index (χ1n) is 6.22. The highest BCUT2D eigenvalue weighted by Gasteiger charge is 2.22. The maximum atomic E-state index is 12.1. The Morgan fingerprint density at radius 1 is 1.31 bits per heavy atom. The molecule has 0 aromatic carbocycles. The summed E-state index contributed by atoms with van der Waals surface area (Å²) in [5.41, 5.74) is 7.28. The molecule has 1 aliphatic rings. The van der Waals surface area contributed by atoms with Crippen LogP contribution in [0.2, 0.25) is 0 Å². The summed E-state index contributed by atoms with van der Waals surface area (Å²) in [4.78, 5) is 12.1. The molecule has 1 aromatic rings. The van der Waals surface area contributed by atoms with Gasteiger partial charge in [-0.25, -0.2) is 4.68 Å². The maximum Gasteiger partial charge on any atom is 0.290 e. The Labute approximate surface area is 96.0 Å². The van der Waals surface area contributed by atoms with Crippen molar-refractivity contribution in [3.05, 3.63) is 16.0 Å². The zero-order valence-corrected chi connectivity index (χ0v) is 10.2. The van der Waals surface area contributed by atoms with Crippen LogP contribution >= 0.6 is 0 Å². The van der Waals surface area contributed by atoms with E-state index in [2.05, 4.69) is 0 Å². The molecule has 0 bridgehead atoms. The number of hydrogen-bond acceptors (Lipinski definition) is 2. The zero-order valence-electron chi connectivity index (χ0n) is 10.2. The molecule has 0 saturated heterocycles. The lowest BCUT2D eigenvalue weighted by atomic mass is 9.96. The van der Waals surface area contributed by atoms with Crippen molar-refractivity contribution in [3.8, 4) is 0 Å². The van der Waals surface area contributed by atoms with Gasteiger partial charge in [0, 0.05) is 7.05 Å². The number of nitrogens with zero attached hydrogens (tertiary/aromatic N) is 2. The molecule has 4 nitrogen and oxygen atoms in total. The van der Waals surface area contributed by atoms with E-state index in [1.165, 1.54) is 19.3 Å². The third kappa shape index (κ3) is 1.66. The van der Waals surface area contributed by atoms with E-state index in [9.17, 15) is 4.79 Å². The summed E-state index contributed by atoms with van der Waals surface area (Å²) in [5.74, 6) is 0. The number of nitrogen functional groups attached to an aromatic ring is 1. The third-order valence-electron chi connectivity index (χ3n) is 3.72. The van der Waals surface area contributed by atoms with Gasteiger partial charge in [0.05, 0.1) is 11.7 Å². The molecular formula is C12H21N3O. The summed E-state index contributed by atoms with van der Waals surface area (Å²) in [6.07, 6.45) is 6.79. The summed E-state index contributed by atoms with van der Waals surface area (Å²) in [6, 6.07) is 0.355. The number of hydrogen-bond donors (Lipinski definition) is 1. The van der Waals surface area contributed by atoms with E-state index in [1.807, 2.05) is 23.3 Å². The van der Waals surface area contributed by atoms with Gasteiger partial charge in [-0.1, -0.05) is 26.2 Å². The Morgan fingerprint density at radius 3 is 2.44 bits per heavy atom. The Bertz CT molecular complexity index is 424. The van der Waals surface area contributed by atoms with Crippen molar-refractivity contribution >= 4 is 5.69 Å².